The van der Waals surface area contributed by atoms with Crippen LogP contribution in [0.4, 0.5) is 5.69 Å². The average molecular weight is 429 g/mol. The molecule has 2 amide bonds. The summed E-state index contributed by atoms with van der Waals surface area (Å²) in [6.45, 7) is 4.80. The zero-order valence-electron chi connectivity index (χ0n) is 17.7. The summed E-state index contributed by atoms with van der Waals surface area (Å²) in [4.78, 5) is 40.4. The maximum atomic E-state index is 12.8. The number of hydrogen-bond donors (Lipinski definition) is 1. The van der Waals surface area contributed by atoms with Crippen molar-refractivity contribution in [3.05, 3.63) is 36.1 Å². The van der Waals surface area contributed by atoms with Gasteiger partial charge in [-0.2, -0.15) is 0 Å². The van der Waals surface area contributed by atoms with Crippen LogP contribution in [0.5, 0.6) is 0 Å². The number of hydrogen-bond acceptors (Lipinski definition) is 5. The second-order valence-electron chi connectivity index (χ2n) is 9.14. The molecule has 1 saturated heterocycles. The molecular formula is C23H28N2O4S. The molecule has 7 heteroatoms. The summed E-state index contributed by atoms with van der Waals surface area (Å²) in [6, 6.07) is 7.86. The molecule has 2 fully saturated rings. The maximum Gasteiger partial charge on any atom is 0.289 e. The second kappa shape index (κ2) is 7.76. The minimum atomic E-state index is -0.651. The lowest BCUT2D eigenvalue weighted by Crippen LogP contribution is -2.43. The van der Waals surface area contributed by atoms with Crippen LogP contribution in [0.15, 0.2) is 41.0 Å². The van der Waals surface area contributed by atoms with Crippen molar-refractivity contribution in [2.45, 2.75) is 50.0 Å². The number of allylic oxidation sites excluding steroid dienone is 1. The number of ketones is 1. The molecular weight excluding hydrogens is 400 g/mol. The molecule has 2 aliphatic heterocycles. The molecule has 1 aromatic carbocycles. The maximum absolute atomic E-state index is 12.8. The highest BCUT2D eigenvalue weighted by Crippen LogP contribution is 2.59. The Kier molecular flexibility index (Phi) is 5.43. The van der Waals surface area contributed by atoms with Gasteiger partial charge in [-0.1, -0.05) is 0 Å². The molecule has 1 atom stereocenters. The summed E-state index contributed by atoms with van der Waals surface area (Å²) >= 11 is 1.67. The largest absolute Gasteiger partial charge is 0.481 e. The summed E-state index contributed by atoms with van der Waals surface area (Å²) in [5, 5.41) is 3.03. The molecule has 1 saturated carbocycles. The van der Waals surface area contributed by atoms with E-state index in [0.29, 0.717) is 13.1 Å². The molecule has 3 aliphatic rings. The van der Waals surface area contributed by atoms with Gasteiger partial charge in [-0.25, -0.2) is 0 Å². The Bertz CT molecular complexity index is 898. The van der Waals surface area contributed by atoms with E-state index in [0.717, 1.165) is 29.8 Å². The van der Waals surface area contributed by atoms with Crippen molar-refractivity contribution in [3.63, 3.8) is 0 Å². The number of carbonyl (C=O) groups excluding carboxylic acids is 3. The zero-order valence-corrected chi connectivity index (χ0v) is 18.5. The van der Waals surface area contributed by atoms with Gasteiger partial charge in [-0.05, 0) is 69.0 Å². The number of benzene rings is 1. The molecule has 2 heterocycles. The lowest BCUT2D eigenvalue weighted by Gasteiger charge is -2.36. The topological polar surface area (TPSA) is 75.7 Å². The first-order valence-corrected chi connectivity index (χ1v) is 11.6. The van der Waals surface area contributed by atoms with Crippen molar-refractivity contribution in [1.29, 1.82) is 0 Å². The summed E-state index contributed by atoms with van der Waals surface area (Å²) in [7, 11) is 0. The highest BCUT2D eigenvalue weighted by molar-refractivity contribution is 7.98. The SMILES string of the molecule is CSc1ccc(NC(=O)C2CC23CCN(C(=O)C2=CC(=O)CC(C)(C)O2)CC3)cc1. The summed E-state index contributed by atoms with van der Waals surface area (Å²) in [5.74, 6) is -0.0851. The third kappa shape index (κ3) is 4.26. The Hall–Kier alpha value is -2.28. The van der Waals surface area contributed by atoms with Crippen LogP contribution in [0.25, 0.3) is 0 Å². The highest BCUT2D eigenvalue weighted by Gasteiger charge is 2.58. The molecule has 1 aromatic rings. The summed E-state index contributed by atoms with van der Waals surface area (Å²) in [6.07, 6.45) is 6.10. The monoisotopic (exact) mass is 428 g/mol. The van der Waals surface area contributed by atoms with Crippen molar-refractivity contribution >= 4 is 35.0 Å². The van der Waals surface area contributed by atoms with E-state index in [9.17, 15) is 14.4 Å². The van der Waals surface area contributed by atoms with Crippen LogP contribution in [0.1, 0.15) is 39.5 Å². The predicted octanol–water partition coefficient (Wildman–Crippen LogP) is 3.63. The Morgan fingerprint density at radius 1 is 1.17 bits per heavy atom. The molecule has 160 valence electrons. The van der Waals surface area contributed by atoms with Crippen LogP contribution in [-0.2, 0) is 19.1 Å². The Balaban J connectivity index is 1.32. The van der Waals surface area contributed by atoms with E-state index in [4.69, 9.17) is 4.74 Å². The molecule has 0 bridgehead atoms. The smallest absolute Gasteiger partial charge is 0.289 e. The van der Waals surface area contributed by atoms with Crippen LogP contribution in [0.2, 0.25) is 0 Å². The van der Waals surface area contributed by atoms with Gasteiger partial charge in [0.25, 0.3) is 5.91 Å². The number of rotatable bonds is 4. The normalized spacial score (nSPS) is 24.1. The van der Waals surface area contributed by atoms with Gasteiger partial charge in [-0.15, -0.1) is 11.8 Å². The standard InChI is InChI=1S/C23H28N2O4S/c1-22(2)13-16(26)12-19(29-22)21(28)25-10-8-23(9-11-25)14-18(23)20(27)24-15-4-6-17(30-3)7-5-15/h4-7,12,18H,8-11,13-14H2,1-3H3,(H,24,27). The van der Waals surface area contributed by atoms with Crippen LogP contribution in [0, 0.1) is 11.3 Å². The molecule has 30 heavy (non-hydrogen) atoms. The third-order valence-corrected chi connectivity index (χ3v) is 7.14. The van der Waals surface area contributed by atoms with Crippen molar-refractivity contribution in [3.8, 4) is 0 Å². The first-order chi connectivity index (χ1) is 14.2. The first kappa shape index (κ1) is 21.0. The Morgan fingerprint density at radius 3 is 2.43 bits per heavy atom. The second-order valence-corrected chi connectivity index (χ2v) is 10.0. The van der Waals surface area contributed by atoms with E-state index in [-0.39, 0.29) is 41.1 Å². The quantitative estimate of drug-likeness (QED) is 0.741. The Morgan fingerprint density at radius 2 is 1.83 bits per heavy atom. The molecule has 1 unspecified atom stereocenters. The molecule has 0 aromatic heterocycles. The van der Waals surface area contributed by atoms with Gasteiger partial charge in [0.05, 0.1) is 0 Å². The van der Waals surface area contributed by atoms with Crippen LogP contribution < -0.4 is 5.32 Å². The number of anilines is 1. The number of likely N-dealkylation sites (tertiary alicyclic amines) is 1. The zero-order chi connectivity index (χ0) is 21.5. The van der Waals surface area contributed by atoms with Gasteiger partial charge in [0, 0.05) is 42.1 Å². The molecule has 1 N–H and O–H groups in total. The van der Waals surface area contributed by atoms with Crippen molar-refractivity contribution in [2.24, 2.45) is 11.3 Å². The fourth-order valence-electron chi connectivity index (χ4n) is 4.57. The van der Waals surface area contributed by atoms with E-state index >= 15 is 0 Å². The number of nitrogens with one attached hydrogen (secondary N) is 1. The molecule has 1 aliphatic carbocycles. The average Bonchev–Trinajstić information content (AvgIpc) is 3.40. The van der Waals surface area contributed by atoms with Crippen LogP contribution in [-0.4, -0.2) is 47.4 Å². The van der Waals surface area contributed by atoms with Gasteiger partial charge >= 0.3 is 0 Å². The number of amides is 2. The third-order valence-electron chi connectivity index (χ3n) is 6.40. The number of piperidine rings is 1. The van der Waals surface area contributed by atoms with Crippen LogP contribution in [0.3, 0.4) is 0 Å². The molecule has 6 nitrogen and oxygen atoms in total. The van der Waals surface area contributed by atoms with Gasteiger partial charge in [-0.3, -0.25) is 14.4 Å². The predicted molar refractivity (Wildman–Crippen MR) is 116 cm³/mol. The van der Waals surface area contributed by atoms with Crippen molar-refractivity contribution in [1.82, 2.24) is 4.90 Å². The highest BCUT2D eigenvalue weighted by atomic mass is 32.2. The van der Waals surface area contributed by atoms with E-state index in [1.807, 2.05) is 44.4 Å². The molecule has 4 rings (SSSR count). The molecule has 0 radical (unpaired) electrons. The number of ether oxygens (including phenoxy) is 1. The fraction of sp³-hybridized carbons (Fsp3) is 0.522. The van der Waals surface area contributed by atoms with Gasteiger partial charge in [0.1, 0.15) is 5.60 Å². The number of carbonyl (C=O) groups is 3. The van der Waals surface area contributed by atoms with Gasteiger partial charge in [0.15, 0.2) is 11.5 Å². The fourth-order valence-corrected chi connectivity index (χ4v) is 4.98. The summed E-state index contributed by atoms with van der Waals surface area (Å²) < 4.78 is 5.75. The van der Waals surface area contributed by atoms with Gasteiger partial charge in [0.2, 0.25) is 5.91 Å². The van der Waals surface area contributed by atoms with E-state index < -0.39 is 5.60 Å². The van der Waals surface area contributed by atoms with Crippen molar-refractivity contribution < 1.29 is 19.1 Å². The number of nitrogens with zero attached hydrogens (tertiary/aromatic N) is 1. The summed E-state index contributed by atoms with van der Waals surface area (Å²) in [5.41, 5.74) is 0.166. The first-order valence-electron chi connectivity index (χ1n) is 10.4. The minimum Gasteiger partial charge on any atom is -0.481 e. The Labute approximate surface area is 181 Å². The minimum absolute atomic E-state index is 0.000589. The van der Waals surface area contributed by atoms with E-state index in [2.05, 4.69) is 5.32 Å². The van der Waals surface area contributed by atoms with Gasteiger partial charge < -0.3 is 15.0 Å². The molecule has 1 spiro atoms. The van der Waals surface area contributed by atoms with E-state index in [1.54, 1.807) is 16.7 Å². The lowest BCUT2D eigenvalue weighted by molar-refractivity contribution is -0.139. The lowest BCUT2D eigenvalue weighted by atomic mass is 9.90. The van der Waals surface area contributed by atoms with E-state index in [1.165, 1.54) is 6.08 Å². The number of thioether (sulfide) groups is 1. The van der Waals surface area contributed by atoms with Crippen LogP contribution >= 0.6 is 11.8 Å². The van der Waals surface area contributed by atoms with Crippen molar-refractivity contribution in [2.75, 3.05) is 24.7 Å².